The minimum absolute atomic E-state index is 0.0243. The fourth-order valence-corrected chi connectivity index (χ4v) is 3.41. The van der Waals surface area contributed by atoms with E-state index in [-0.39, 0.29) is 19.5 Å². The first-order valence-electron chi connectivity index (χ1n) is 8.74. The summed E-state index contributed by atoms with van der Waals surface area (Å²) in [4.78, 5) is 38.1. The Hall–Kier alpha value is -2.10. The molecule has 30 heavy (non-hydrogen) atoms. The van der Waals surface area contributed by atoms with Crippen LogP contribution in [0.3, 0.4) is 0 Å². The van der Waals surface area contributed by atoms with E-state index in [1.54, 1.807) is 24.3 Å². The quantitative estimate of drug-likeness (QED) is 0.594. The average molecular weight is 484 g/mol. The van der Waals surface area contributed by atoms with Crippen molar-refractivity contribution in [2.24, 2.45) is 0 Å². The highest BCUT2D eigenvalue weighted by Crippen LogP contribution is 2.34. The van der Waals surface area contributed by atoms with Gasteiger partial charge in [-0.3, -0.25) is 9.80 Å². The van der Waals surface area contributed by atoms with Gasteiger partial charge in [0.25, 0.3) is 0 Å². The van der Waals surface area contributed by atoms with Crippen molar-refractivity contribution >= 4 is 53.0 Å². The lowest BCUT2D eigenvalue weighted by atomic mass is 9.97. The first kappa shape index (κ1) is 24.2. The lowest BCUT2D eigenvalue weighted by molar-refractivity contribution is -0.147. The number of halogens is 3. The molecule has 0 spiro atoms. The second-order valence-electron chi connectivity index (χ2n) is 6.98. The van der Waals surface area contributed by atoms with Gasteiger partial charge in [0.15, 0.2) is 0 Å². The van der Waals surface area contributed by atoms with E-state index >= 15 is 0 Å². The van der Waals surface area contributed by atoms with Gasteiger partial charge in [0, 0.05) is 19.5 Å². The van der Waals surface area contributed by atoms with Crippen molar-refractivity contribution in [2.75, 3.05) is 20.3 Å². The van der Waals surface area contributed by atoms with Crippen LogP contribution in [0.5, 0.6) is 5.75 Å². The first-order valence-corrected chi connectivity index (χ1v) is 9.88. The van der Waals surface area contributed by atoms with Crippen molar-refractivity contribution < 1.29 is 34.1 Å². The molecule has 0 saturated carbocycles. The number of alkyl halides is 3. The molecule has 1 fully saturated rings. The summed E-state index contributed by atoms with van der Waals surface area (Å²) in [5.41, 5.74) is -1.02. The molecule has 12 heteroatoms. The Labute approximate surface area is 188 Å². The zero-order valence-electron chi connectivity index (χ0n) is 16.2. The summed E-state index contributed by atoms with van der Waals surface area (Å²) in [7, 11) is 1.52. The molecule has 166 valence electrons. The van der Waals surface area contributed by atoms with Crippen molar-refractivity contribution in [3.05, 3.63) is 29.8 Å². The SMILES string of the molecule is COc1ccc(CN(C(=O)OCC(Cl)(Cl)Cl)[C@@H]2CN(C(=O)O)[C@](C)(C(=O)O)C2)cc1. The average Bonchev–Trinajstić information content (AvgIpc) is 3.03. The van der Waals surface area contributed by atoms with E-state index in [2.05, 4.69) is 0 Å². The van der Waals surface area contributed by atoms with E-state index in [0.29, 0.717) is 11.3 Å². The summed E-state index contributed by atoms with van der Waals surface area (Å²) < 4.78 is 8.35. The zero-order chi connectivity index (χ0) is 22.7. The third kappa shape index (κ3) is 5.74. The van der Waals surface area contributed by atoms with Gasteiger partial charge in [0.2, 0.25) is 3.79 Å². The summed E-state index contributed by atoms with van der Waals surface area (Å²) in [6.07, 6.45) is -2.39. The standard InChI is InChI=1S/C18H21Cl3N2O7/c1-17(14(24)25)7-12(9-23(17)15(26)27)22(16(28)30-10-18(19,20)21)8-11-3-5-13(29-2)6-4-11/h3-6,12H,7-10H2,1-2H3,(H,24,25)(H,26,27)/t12-,17-/m0/s1. The number of carbonyl (C=O) groups is 3. The largest absolute Gasteiger partial charge is 0.497 e. The Bertz CT molecular complexity index is 800. The molecule has 0 radical (unpaired) electrons. The number of hydrogen-bond acceptors (Lipinski definition) is 5. The molecule has 1 aliphatic rings. The first-order chi connectivity index (χ1) is 13.9. The maximum atomic E-state index is 12.8. The molecule has 2 N–H and O–H groups in total. The second-order valence-corrected chi connectivity index (χ2v) is 9.49. The number of carboxylic acid groups (broad SMARTS) is 2. The molecule has 1 aromatic rings. The molecular weight excluding hydrogens is 463 g/mol. The van der Waals surface area contributed by atoms with Crippen LogP contribution in [-0.2, 0) is 16.1 Å². The van der Waals surface area contributed by atoms with E-state index in [0.717, 1.165) is 4.90 Å². The van der Waals surface area contributed by atoms with Crippen LogP contribution >= 0.6 is 34.8 Å². The minimum Gasteiger partial charge on any atom is -0.497 e. The predicted molar refractivity (Wildman–Crippen MR) is 109 cm³/mol. The van der Waals surface area contributed by atoms with Gasteiger partial charge in [0.1, 0.15) is 17.9 Å². The number of rotatable bonds is 6. The van der Waals surface area contributed by atoms with E-state index in [1.807, 2.05) is 0 Å². The number of carboxylic acids is 1. The number of benzene rings is 1. The van der Waals surface area contributed by atoms with Crippen LogP contribution in [0.1, 0.15) is 18.9 Å². The van der Waals surface area contributed by atoms with Crippen LogP contribution < -0.4 is 4.74 Å². The molecule has 0 unspecified atom stereocenters. The summed E-state index contributed by atoms with van der Waals surface area (Å²) in [6.45, 7) is 0.580. The van der Waals surface area contributed by atoms with Crippen LogP contribution in [0.2, 0.25) is 0 Å². The van der Waals surface area contributed by atoms with Crippen molar-refractivity contribution in [2.45, 2.75) is 35.3 Å². The van der Waals surface area contributed by atoms with E-state index < -0.39 is 40.1 Å². The van der Waals surface area contributed by atoms with Crippen molar-refractivity contribution in [1.82, 2.24) is 9.80 Å². The highest BCUT2D eigenvalue weighted by molar-refractivity contribution is 6.67. The molecule has 0 aromatic heterocycles. The molecule has 2 rings (SSSR count). The number of amides is 2. The Morgan fingerprint density at radius 3 is 2.27 bits per heavy atom. The molecule has 2 atom stereocenters. The van der Waals surface area contributed by atoms with Crippen molar-refractivity contribution in [3.63, 3.8) is 0 Å². The monoisotopic (exact) mass is 482 g/mol. The fourth-order valence-electron chi connectivity index (χ4n) is 3.24. The van der Waals surface area contributed by atoms with Gasteiger partial charge in [0.05, 0.1) is 13.2 Å². The third-order valence-electron chi connectivity index (χ3n) is 4.86. The molecule has 1 aliphatic heterocycles. The summed E-state index contributed by atoms with van der Waals surface area (Å²) in [6, 6.07) is 6.05. The molecule has 2 amide bonds. The third-order valence-corrected chi connectivity index (χ3v) is 5.19. The molecule has 9 nitrogen and oxygen atoms in total. The number of carbonyl (C=O) groups excluding carboxylic acids is 1. The fraction of sp³-hybridized carbons (Fsp3) is 0.500. The summed E-state index contributed by atoms with van der Waals surface area (Å²) >= 11 is 16.9. The van der Waals surface area contributed by atoms with Crippen LogP contribution in [0, 0.1) is 0 Å². The van der Waals surface area contributed by atoms with Gasteiger partial charge < -0.3 is 19.7 Å². The molecule has 1 saturated heterocycles. The highest BCUT2D eigenvalue weighted by Gasteiger charge is 2.52. The number of ether oxygens (including phenoxy) is 2. The van der Waals surface area contributed by atoms with Crippen LogP contribution in [0.15, 0.2) is 24.3 Å². The topological polar surface area (TPSA) is 117 Å². The smallest absolute Gasteiger partial charge is 0.410 e. The Morgan fingerprint density at radius 1 is 1.23 bits per heavy atom. The number of aliphatic carboxylic acids is 1. The number of hydrogen-bond donors (Lipinski definition) is 2. The lowest BCUT2D eigenvalue weighted by Crippen LogP contribution is -2.50. The molecule has 1 heterocycles. The van der Waals surface area contributed by atoms with E-state index in [1.165, 1.54) is 18.9 Å². The normalized spacial score (nSPS) is 21.2. The molecule has 1 aromatic carbocycles. The zero-order valence-corrected chi connectivity index (χ0v) is 18.4. The maximum absolute atomic E-state index is 12.8. The molecular formula is C18H21Cl3N2O7. The van der Waals surface area contributed by atoms with Gasteiger partial charge in [-0.05, 0) is 24.6 Å². The Kier molecular flexibility index (Phi) is 7.54. The summed E-state index contributed by atoms with van der Waals surface area (Å²) in [5, 5.41) is 19.0. The number of nitrogens with zero attached hydrogens (tertiary/aromatic N) is 2. The maximum Gasteiger partial charge on any atom is 0.410 e. The van der Waals surface area contributed by atoms with Crippen molar-refractivity contribution in [1.29, 1.82) is 0 Å². The molecule has 0 bridgehead atoms. The summed E-state index contributed by atoms with van der Waals surface area (Å²) in [5.74, 6) is -0.702. The second kappa shape index (κ2) is 9.36. The van der Waals surface area contributed by atoms with Gasteiger partial charge in [-0.1, -0.05) is 46.9 Å². The van der Waals surface area contributed by atoms with Crippen LogP contribution in [0.4, 0.5) is 9.59 Å². The van der Waals surface area contributed by atoms with E-state index in [4.69, 9.17) is 44.3 Å². The van der Waals surface area contributed by atoms with Crippen molar-refractivity contribution in [3.8, 4) is 5.75 Å². The van der Waals surface area contributed by atoms with Gasteiger partial charge >= 0.3 is 18.2 Å². The van der Waals surface area contributed by atoms with Gasteiger partial charge in [-0.15, -0.1) is 0 Å². The predicted octanol–water partition coefficient (Wildman–Crippen LogP) is 3.60. The highest BCUT2D eigenvalue weighted by atomic mass is 35.6. The van der Waals surface area contributed by atoms with Gasteiger partial charge in [-0.25, -0.2) is 14.4 Å². The Morgan fingerprint density at radius 2 is 1.83 bits per heavy atom. The number of likely N-dealkylation sites (tertiary alicyclic amines) is 1. The molecule has 0 aliphatic carbocycles. The Balaban J connectivity index is 2.31. The van der Waals surface area contributed by atoms with Gasteiger partial charge in [-0.2, -0.15) is 0 Å². The lowest BCUT2D eigenvalue weighted by Gasteiger charge is -2.29. The van der Waals surface area contributed by atoms with E-state index in [9.17, 15) is 24.6 Å². The van der Waals surface area contributed by atoms with Crippen LogP contribution in [0.25, 0.3) is 0 Å². The van der Waals surface area contributed by atoms with Crippen LogP contribution in [-0.4, -0.2) is 73.8 Å². The minimum atomic E-state index is -1.83. The number of methoxy groups -OCH3 is 1.